The Bertz CT molecular complexity index is 223. The van der Waals surface area contributed by atoms with Gasteiger partial charge in [-0.25, -0.2) is 4.99 Å². The Morgan fingerprint density at radius 3 is 2.18 bits per heavy atom. The molecule has 64 valence electrons. The van der Waals surface area contributed by atoms with Gasteiger partial charge in [0.05, 0.1) is 0 Å². The van der Waals surface area contributed by atoms with Crippen LogP contribution in [-0.4, -0.2) is 11.4 Å². The third kappa shape index (κ3) is 1.59. The van der Waals surface area contributed by atoms with Gasteiger partial charge in [0, 0.05) is 6.20 Å². The van der Waals surface area contributed by atoms with Crippen molar-refractivity contribution in [1.82, 2.24) is 0 Å². The predicted molar refractivity (Wildman–Crippen MR) is 54.1 cm³/mol. The number of rotatable bonds is 0. The van der Waals surface area contributed by atoms with Crippen LogP contribution in [0.2, 0.25) is 0 Å². The average molecular weight is 172 g/mol. The second-order valence-corrected chi connectivity index (χ2v) is 5.87. The van der Waals surface area contributed by atoms with Crippen LogP contribution in [0.5, 0.6) is 0 Å². The van der Waals surface area contributed by atoms with Gasteiger partial charge in [-0.2, -0.15) is 10.9 Å². The summed E-state index contributed by atoms with van der Waals surface area (Å²) in [6.07, 6.45) is 4.10. The van der Waals surface area contributed by atoms with Crippen molar-refractivity contribution in [2.45, 2.75) is 20.8 Å². The molecule has 1 unspecified atom stereocenters. The van der Waals surface area contributed by atoms with Crippen LogP contribution in [-0.2, 0) is 0 Å². The highest BCUT2D eigenvalue weighted by atomic mass is 32.2. The first-order chi connectivity index (χ1) is 4.93. The van der Waals surface area contributed by atoms with E-state index in [0.29, 0.717) is 0 Å². The summed E-state index contributed by atoms with van der Waals surface area (Å²) < 4.78 is 0. The minimum absolute atomic E-state index is 0.227. The molecule has 0 radical (unpaired) electrons. The molecule has 0 fully saturated rings. The fourth-order valence-corrected chi connectivity index (χ4v) is 2.84. The fraction of sp³-hybridized carbons (Fsp3) is 0.625. The molecular weight excluding hydrogens is 156 g/mol. The van der Waals surface area contributed by atoms with Crippen LogP contribution in [0.3, 0.4) is 0 Å². The van der Waals surface area contributed by atoms with E-state index in [9.17, 15) is 0 Å². The Kier molecular flexibility index (Phi) is 2.01. The van der Waals surface area contributed by atoms with Crippen molar-refractivity contribution in [2.24, 2.45) is 16.1 Å². The standard InChI is InChI=1S/C8H16N2S/c1-8(2,3)6-5-10-7(9)11(6)4/h5,11H,1-4H3,(H2,9,10). The molecule has 0 aromatic rings. The largest absolute Gasteiger partial charge is 0.379 e. The number of nitrogens with zero attached hydrogens (tertiary/aromatic N) is 1. The SMILES string of the molecule is C[SH]1C(C(C)(C)C)=CN=C1N. The van der Waals surface area contributed by atoms with Crippen molar-refractivity contribution in [3.63, 3.8) is 0 Å². The quantitative estimate of drug-likeness (QED) is 0.538. The van der Waals surface area contributed by atoms with Gasteiger partial charge in [0.25, 0.3) is 0 Å². The van der Waals surface area contributed by atoms with Crippen molar-refractivity contribution in [1.29, 1.82) is 0 Å². The van der Waals surface area contributed by atoms with Gasteiger partial charge in [-0.3, -0.25) is 0 Å². The maximum Gasteiger partial charge on any atom is 0.142 e. The van der Waals surface area contributed by atoms with Crippen molar-refractivity contribution < 1.29 is 0 Å². The molecule has 2 nitrogen and oxygen atoms in total. The molecule has 1 heterocycles. The zero-order valence-electron chi connectivity index (χ0n) is 7.55. The first-order valence-electron chi connectivity index (χ1n) is 3.70. The van der Waals surface area contributed by atoms with E-state index in [4.69, 9.17) is 5.73 Å². The zero-order valence-corrected chi connectivity index (χ0v) is 8.44. The molecular formula is C8H16N2S. The first kappa shape index (κ1) is 8.65. The van der Waals surface area contributed by atoms with Crippen LogP contribution >= 0.6 is 10.9 Å². The van der Waals surface area contributed by atoms with Gasteiger partial charge < -0.3 is 5.73 Å². The molecule has 11 heavy (non-hydrogen) atoms. The molecule has 1 rings (SSSR count). The van der Waals surface area contributed by atoms with Gasteiger partial charge in [-0.15, -0.1) is 0 Å². The predicted octanol–water partition coefficient (Wildman–Crippen LogP) is 1.83. The van der Waals surface area contributed by atoms with Crippen LogP contribution < -0.4 is 5.73 Å². The van der Waals surface area contributed by atoms with Crippen LogP contribution in [0.1, 0.15) is 20.8 Å². The lowest BCUT2D eigenvalue weighted by molar-refractivity contribution is 0.532. The molecule has 2 N–H and O–H groups in total. The van der Waals surface area contributed by atoms with E-state index in [1.165, 1.54) is 4.91 Å². The maximum absolute atomic E-state index is 5.69. The van der Waals surface area contributed by atoms with E-state index >= 15 is 0 Å². The first-order valence-corrected chi connectivity index (χ1v) is 5.49. The normalized spacial score (nSPS) is 28.2. The van der Waals surface area contributed by atoms with Gasteiger partial charge in [-0.1, -0.05) is 20.8 Å². The minimum atomic E-state index is -0.289. The second kappa shape index (κ2) is 2.55. The van der Waals surface area contributed by atoms with E-state index in [1.807, 2.05) is 6.20 Å². The molecule has 0 saturated carbocycles. The number of thiol groups is 1. The zero-order chi connectivity index (χ0) is 8.65. The highest BCUT2D eigenvalue weighted by Crippen LogP contribution is 2.46. The number of aliphatic imine (C=N–C) groups is 1. The van der Waals surface area contributed by atoms with Crippen molar-refractivity contribution in [3.8, 4) is 0 Å². The summed E-state index contributed by atoms with van der Waals surface area (Å²) in [5.74, 6) is 0. The van der Waals surface area contributed by atoms with E-state index in [0.717, 1.165) is 5.17 Å². The van der Waals surface area contributed by atoms with Crippen molar-refractivity contribution in [3.05, 3.63) is 11.1 Å². The Morgan fingerprint density at radius 2 is 2.00 bits per heavy atom. The molecule has 0 aliphatic carbocycles. The minimum Gasteiger partial charge on any atom is -0.379 e. The number of allylic oxidation sites excluding steroid dienone is 1. The molecule has 1 atom stereocenters. The van der Waals surface area contributed by atoms with E-state index in [2.05, 4.69) is 32.0 Å². The molecule has 3 heteroatoms. The maximum atomic E-state index is 5.69. The fourth-order valence-electron chi connectivity index (χ4n) is 1.12. The molecule has 1 aliphatic heterocycles. The van der Waals surface area contributed by atoms with E-state index < -0.39 is 0 Å². The Labute approximate surface area is 70.9 Å². The van der Waals surface area contributed by atoms with Crippen LogP contribution in [0.4, 0.5) is 0 Å². The third-order valence-electron chi connectivity index (χ3n) is 1.79. The molecule has 0 aromatic heterocycles. The summed E-state index contributed by atoms with van der Waals surface area (Å²) in [5.41, 5.74) is 5.92. The lowest BCUT2D eigenvalue weighted by atomic mass is 9.97. The number of nitrogens with two attached hydrogens (primary N) is 1. The van der Waals surface area contributed by atoms with Gasteiger partial charge in [0.1, 0.15) is 5.17 Å². The molecule has 0 aromatic carbocycles. The lowest BCUT2D eigenvalue weighted by Gasteiger charge is -2.26. The molecule has 1 aliphatic rings. The van der Waals surface area contributed by atoms with Crippen molar-refractivity contribution >= 4 is 16.1 Å². The van der Waals surface area contributed by atoms with Crippen LogP contribution in [0.15, 0.2) is 16.1 Å². The van der Waals surface area contributed by atoms with E-state index in [-0.39, 0.29) is 16.3 Å². The summed E-state index contributed by atoms with van der Waals surface area (Å²) in [5, 5.41) is 0.810. The van der Waals surface area contributed by atoms with Gasteiger partial charge in [-0.05, 0) is 16.6 Å². The topological polar surface area (TPSA) is 38.4 Å². The number of hydrogen-bond donors (Lipinski definition) is 2. The monoisotopic (exact) mass is 172 g/mol. The molecule has 0 saturated heterocycles. The summed E-state index contributed by atoms with van der Waals surface area (Å²) in [6, 6.07) is 0. The second-order valence-electron chi connectivity index (χ2n) is 3.81. The Morgan fingerprint density at radius 1 is 1.45 bits per heavy atom. The smallest absolute Gasteiger partial charge is 0.142 e. The van der Waals surface area contributed by atoms with Gasteiger partial charge >= 0.3 is 0 Å². The van der Waals surface area contributed by atoms with Crippen molar-refractivity contribution in [2.75, 3.05) is 6.26 Å². The Hall–Kier alpha value is -0.440. The highest BCUT2D eigenvalue weighted by molar-refractivity contribution is 8.32. The molecule has 0 spiro atoms. The molecule has 0 bridgehead atoms. The van der Waals surface area contributed by atoms with Crippen LogP contribution in [0.25, 0.3) is 0 Å². The van der Waals surface area contributed by atoms with Gasteiger partial charge in [0.2, 0.25) is 0 Å². The average Bonchev–Trinajstić information content (AvgIpc) is 2.11. The summed E-state index contributed by atoms with van der Waals surface area (Å²) in [7, 11) is -0.289. The summed E-state index contributed by atoms with van der Waals surface area (Å²) in [4.78, 5) is 5.52. The highest BCUT2D eigenvalue weighted by Gasteiger charge is 2.25. The van der Waals surface area contributed by atoms with Gasteiger partial charge in [0.15, 0.2) is 0 Å². The Balaban J connectivity index is 2.83. The number of amidine groups is 1. The third-order valence-corrected chi connectivity index (χ3v) is 4.10. The molecule has 0 amide bonds. The summed E-state index contributed by atoms with van der Waals surface area (Å²) >= 11 is 0. The van der Waals surface area contributed by atoms with Crippen LogP contribution in [0, 0.1) is 5.41 Å². The van der Waals surface area contributed by atoms with E-state index in [1.54, 1.807) is 0 Å². The number of hydrogen-bond acceptors (Lipinski definition) is 2. The lowest BCUT2D eigenvalue weighted by Crippen LogP contribution is -2.14. The summed E-state index contributed by atoms with van der Waals surface area (Å²) in [6.45, 7) is 6.60.